The van der Waals surface area contributed by atoms with Gasteiger partial charge in [0.25, 0.3) is 0 Å². The highest BCUT2D eigenvalue weighted by Crippen LogP contribution is 2.19. The topological polar surface area (TPSA) is 166 Å². The first-order chi connectivity index (χ1) is 20.8. The van der Waals surface area contributed by atoms with Crippen LogP contribution in [0.25, 0.3) is 10.9 Å². The molecule has 1 aromatic heterocycles. The minimum Gasteiger partial charge on any atom is -0.508 e. The van der Waals surface area contributed by atoms with Gasteiger partial charge >= 0.3 is 0 Å². The van der Waals surface area contributed by atoms with Gasteiger partial charge in [-0.05, 0) is 41.3 Å². The molecule has 0 saturated carbocycles. The Kier molecular flexibility index (Phi) is 11.0. The van der Waals surface area contributed by atoms with Gasteiger partial charge in [-0.1, -0.05) is 60.7 Å². The number of nitrogens with one attached hydrogen (secondary N) is 4. The number of carbonyl (C=O) groups is 4. The first kappa shape index (κ1) is 31.3. The van der Waals surface area contributed by atoms with E-state index < -0.39 is 41.9 Å². The Hall–Kier alpha value is -4.61. The van der Waals surface area contributed by atoms with Gasteiger partial charge in [-0.25, -0.2) is 0 Å². The van der Waals surface area contributed by atoms with Gasteiger partial charge in [0.2, 0.25) is 17.7 Å². The number of benzene rings is 3. The molecular formula is C32H35N5O5S. The van der Waals surface area contributed by atoms with Gasteiger partial charge in [0, 0.05) is 35.7 Å². The summed E-state index contributed by atoms with van der Waals surface area (Å²) in [5, 5.41) is 18.7. The number of aromatic amines is 1. The van der Waals surface area contributed by atoms with Gasteiger partial charge in [-0.3, -0.25) is 14.4 Å². The predicted molar refractivity (Wildman–Crippen MR) is 168 cm³/mol. The van der Waals surface area contributed by atoms with Crippen molar-refractivity contribution in [1.29, 1.82) is 0 Å². The van der Waals surface area contributed by atoms with E-state index in [2.05, 4.69) is 33.6 Å². The Morgan fingerprint density at radius 1 is 0.791 bits per heavy atom. The summed E-state index contributed by atoms with van der Waals surface area (Å²) in [5.41, 5.74) is 9.39. The van der Waals surface area contributed by atoms with Crippen LogP contribution in [-0.4, -0.2) is 64.0 Å². The Balaban J connectivity index is 1.45. The number of carbonyl (C=O) groups excluding carboxylic acids is 4. The number of phenolic OH excluding ortho intramolecular Hbond substituents is 1. The van der Waals surface area contributed by atoms with Crippen LogP contribution in [-0.2, 0) is 38.4 Å². The van der Waals surface area contributed by atoms with E-state index in [1.807, 2.05) is 54.6 Å². The van der Waals surface area contributed by atoms with Crippen molar-refractivity contribution in [3.8, 4) is 5.75 Å². The molecule has 0 fully saturated rings. The summed E-state index contributed by atoms with van der Waals surface area (Å²) < 4.78 is 0. The molecule has 4 atom stereocenters. The van der Waals surface area contributed by atoms with Crippen molar-refractivity contribution >= 4 is 47.5 Å². The molecule has 1 heterocycles. The monoisotopic (exact) mass is 601 g/mol. The summed E-state index contributed by atoms with van der Waals surface area (Å²) in [6.45, 7) is 0. The van der Waals surface area contributed by atoms with E-state index >= 15 is 0 Å². The molecular weight excluding hydrogens is 566 g/mol. The second kappa shape index (κ2) is 15.0. The number of hydrogen-bond donors (Lipinski definition) is 7. The highest BCUT2D eigenvalue weighted by Gasteiger charge is 2.29. The lowest BCUT2D eigenvalue weighted by atomic mass is 10.0. The number of fused-ring (bicyclic) bond motifs is 1. The van der Waals surface area contributed by atoms with Crippen molar-refractivity contribution in [3.63, 3.8) is 0 Å². The van der Waals surface area contributed by atoms with Crippen molar-refractivity contribution in [1.82, 2.24) is 20.9 Å². The van der Waals surface area contributed by atoms with Crippen LogP contribution in [0.4, 0.5) is 0 Å². The fourth-order valence-corrected chi connectivity index (χ4v) is 4.99. The Labute approximate surface area is 254 Å². The number of hydrogen-bond acceptors (Lipinski definition) is 7. The van der Waals surface area contributed by atoms with Crippen LogP contribution in [0.3, 0.4) is 0 Å². The van der Waals surface area contributed by atoms with Crippen LogP contribution < -0.4 is 21.7 Å². The minimum absolute atomic E-state index is 0.0410. The maximum atomic E-state index is 13.5. The van der Waals surface area contributed by atoms with Gasteiger partial charge < -0.3 is 36.6 Å². The molecule has 0 radical (unpaired) electrons. The van der Waals surface area contributed by atoms with Crippen LogP contribution in [0.2, 0.25) is 0 Å². The van der Waals surface area contributed by atoms with Gasteiger partial charge in [-0.15, -0.1) is 0 Å². The summed E-state index contributed by atoms with van der Waals surface area (Å²) in [7, 11) is 0. The molecule has 3 aromatic carbocycles. The van der Waals surface area contributed by atoms with E-state index in [9.17, 15) is 24.3 Å². The van der Waals surface area contributed by atoms with Crippen LogP contribution >= 0.6 is 12.6 Å². The van der Waals surface area contributed by atoms with E-state index in [1.54, 1.807) is 18.3 Å². The molecule has 11 heteroatoms. The molecule has 0 aliphatic rings. The number of aldehydes is 1. The molecule has 0 unspecified atom stereocenters. The third kappa shape index (κ3) is 8.69. The number of thiol groups is 1. The SMILES string of the molecule is N[C@@H](Cc1ccccc1)C(=O)N[C@@H](CS)C(=O)N[C@@H](Cc1ccc(O)cc1)C(=O)N[C@H](C=O)Cc1c[nH]c2ccccc12. The molecule has 0 bridgehead atoms. The second-order valence-electron chi connectivity index (χ2n) is 10.3. The smallest absolute Gasteiger partial charge is 0.244 e. The molecule has 10 nitrogen and oxygen atoms in total. The van der Waals surface area contributed by atoms with E-state index in [-0.39, 0.29) is 30.8 Å². The van der Waals surface area contributed by atoms with Gasteiger partial charge in [0.05, 0.1) is 12.1 Å². The van der Waals surface area contributed by atoms with Gasteiger partial charge in [-0.2, -0.15) is 12.6 Å². The highest BCUT2D eigenvalue weighted by molar-refractivity contribution is 7.80. The fraction of sp³-hybridized carbons (Fsp3) is 0.250. The maximum Gasteiger partial charge on any atom is 0.244 e. The van der Waals surface area contributed by atoms with Crippen molar-refractivity contribution in [2.24, 2.45) is 5.73 Å². The molecule has 43 heavy (non-hydrogen) atoms. The Morgan fingerprint density at radius 3 is 2.12 bits per heavy atom. The Morgan fingerprint density at radius 2 is 1.42 bits per heavy atom. The third-order valence-electron chi connectivity index (χ3n) is 7.07. The molecule has 0 spiro atoms. The van der Waals surface area contributed by atoms with E-state index in [0.717, 1.165) is 22.0 Å². The van der Waals surface area contributed by atoms with Crippen molar-refractivity contribution in [2.75, 3.05) is 5.75 Å². The van der Waals surface area contributed by atoms with Crippen LogP contribution in [0.1, 0.15) is 16.7 Å². The summed E-state index contributed by atoms with van der Waals surface area (Å²) in [4.78, 5) is 54.7. The third-order valence-corrected chi connectivity index (χ3v) is 7.43. The Bertz CT molecular complexity index is 1540. The summed E-state index contributed by atoms with van der Waals surface area (Å²) in [6, 6.07) is 19.2. The lowest BCUT2D eigenvalue weighted by Gasteiger charge is -2.24. The van der Waals surface area contributed by atoms with Crippen LogP contribution in [0, 0.1) is 0 Å². The number of phenols is 1. The highest BCUT2D eigenvalue weighted by atomic mass is 32.1. The number of rotatable bonds is 14. The maximum absolute atomic E-state index is 13.5. The largest absolute Gasteiger partial charge is 0.508 e. The fourth-order valence-electron chi connectivity index (χ4n) is 4.74. The lowest BCUT2D eigenvalue weighted by Crippen LogP contribution is -2.58. The van der Waals surface area contributed by atoms with E-state index in [1.165, 1.54) is 12.1 Å². The van der Waals surface area contributed by atoms with Gasteiger partial charge in [0.1, 0.15) is 24.1 Å². The second-order valence-corrected chi connectivity index (χ2v) is 10.7. The number of para-hydroxylation sites is 1. The van der Waals surface area contributed by atoms with E-state index in [0.29, 0.717) is 11.8 Å². The zero-order chi connectivity index (χ0) is 30.8. The minimum atomic E-state index is -1.10. The van der Waals surface area contributed by atoms with Crippen LogP contribution in [0.5, 0.6) is 5.75 Å². The van der Waals surface area contributed by atoms with Gasteiger partial charge in [0.15, 0.2) is 0 Å². The molecule has 4 rings (SSSR count). The summed E-state index contributed by atoms with van der Waals surface area (Å²) in [5.74, 6) is -1.73. The van der Waals surface area contributed by atoms with Crippen molar-refractivity contribution < 1.29 is 24.3 Å². The summed E-state index contributed by atoms with van der Waals surface area (Å²) >= 11 is 4.24. The average Bonchev–Trinajstić information content (AvgIpc) is 3.43. The first-order valence-electron chi connectivity index (χ1n) is 13.9. The van der Waals surface area contributed by atoms with E-state index in [4.69, 9.17) is 5.73 Å². The quantitative estimate of drug-likeness (QED) is 0.0860. The standard InChI is InChI=1S/C32H35N5O5S/c33-26(14-20-6-2-1-3-7-20)30(40)37-29(19-43)32(42)36-28(15-21-10-12-24(39)13-11-21)31(41)35-23(18-38)16-22-17-34-27-9-5-4-8-25(22)27/h1-13,17-18,23,26,28-29,34,39,43H,14-16,19,33H2,(H,35,41)(H,36,42)(H,37,40)/t23-,26-,28-,29-/m0/s1. The normalized spacial score (nSPS) is 13.8. The lowest BCUT2D eigenvalue weighted by molar-refractivity contribution is -0.132. The molecule has 0 aliphatic carbocycles. The number of aromatic nitrogens is 1. The van der Waals surface area contributed by atoms with Crippen molar-refractivity contribution in [2.45, 2.75) is 43.4 Å². The average molecular weight is 602 g/mol. The predicted octanol–water partition coefficient (Wildman–Crippen LogP) is 1.81. The van der Waals surface area contributed by atoms with Crippen LogP contribution in [0.15, 0.2) is 85.1 Å². The molecule has 4 aromatic rings. The number of amides is 3. The zero-order valence-electron chi connectivity index (χ0n) is 23.4. The molecule has 224 valence electrons. The first-order valence-corrected chi connectivity index (χ1v) is 14.5. The molecule has 7 N–H and O–H groups in total. The molecule has 0 aliphatic heterocycles. The van der Waals surface area contributed by atoms with Crippen molar-refractivity contribution in [3.05, 3.63) is 102 Å². The zero-order valence-corrected chi connectivity index (χ0v) is 24.3. The number of H-pyrrole nitrogens is 1. The summed E-state index contributed by atoms with van der Waals surface area (Å²) in [6.07, 6.45) is 3.05. The molecule has 3 amide bonds. The molecule has 0 saturated heterocycles. The number of aromatic hydroxyl groups is 1. The number of nitrogens with two attached hydrogens (primary N) is 1.